The van der Waals surface area contributed by atoms with E-state index >= 15 is 0 Å². The van der Waals surface area contributed by atoms with Crippen LogP contribution in [0.1, 0.15) is 153 Å². The van der Waals surface area contributed by atoms with Gasteiger partial charge in [0.05, 0.1) is 41.4 Å². The molecular formula is C63H98N10O27. The number of carbonyl (C=O) groups is 7. The number of alkyl carbamates (subject to hydrolysis) is 5. The monoisotopic (exact) mass is 1430 g/mol. The molecule has 6 amide bonds. The molecule has 37 nitrogen and oxygen atoms in total. The zero-order chi connectivity index (χ0) is 74.7. The lowest BCUT2D eigenvalue weighted by molar-refractivity contribution is -0.384. The van der Waals surface area contributed by atoms with Crippen molar-refractivity contribution in [3.8, 4) is 0 Å². The van der Waals surface area contributed by atoms with Gasteiger partial charge >= 0.3 is 42.5 Å². The molecule has 10 N–H and O–H groups in total. The van der Waals surface area contributed by atoms with Crippen LogP contribution in [0.2, 0.25) is 0 Å². The van der Waals surface area contributed by atoms with Crippen molar-refractivity contribution in [1.29, 1.82) is 0 Å². The molecule has 100 heavy (non-hydrogen) atoms. The Kier molecular flexibility index (Phi) is 25.0. The summed E-state index contributed by atoms with van der Waals surface area (Å²) in [5.74, 6) is -0.902. The molecule has 4 saturated heterocycles. The van der Waals surface area contributed by atoms with Gasteiger partial charge in [-0.2, -0.15) is 0 Å². The molecule has 1 aliphatic carbocycles. The van der Waals surface area contributed by atoms with Gasteiger partial charge in [-0.1, -0.05) is 5.21 Å². The van der Waals surface area contributed by atoms with Gasteiger partial charge in [-0.05, 0) is 143 Å². The number of nitrogens with zero attached hydrogens (tertiary/aromatic N) is 5. The van der Waals surface area contributed by atoms with Gasteiger partial charge in [0.1, 0.15) is 125 Å². The lowest BCUT2D eigenvalue weighted by Gasteiger charge is -2.46. The average molecular weight is 1430 g/mol. The Morgan fingerprint density at radius 1 is 0.550 bits per heavy atom. The summed E-state index contributed by atoms with van der Waals surface area (Å²) >= 11 is 0. The number of nitro groups is 1. The molecular weight excluding hydrogens is 1330 g/mol. The van der Waals surface area contributed by atoms with Crippen LogP contribution in [0.3, 0.4) is 0 Å². The van der Waals surface area contributed by atoms with Crippen molar-refractivity contribution in [2.24, 2.45) is 0 Å². The number of ether oxygens (including phenoxy) is 13. The summed E-state index contributed by atoms with van der Waals surface area (Å²) < 4.78 is 79.4. The number of esters is 1. The number of aromatic nitrogens is 3. The normalized spacial score (nSPS) is 30.1. The van der Waals surface area contributed by atoms with E-state index in [9.17, 15) is 69.2 Å². The van der Waals surface area contributed by atoms with E-state index in [0.717, 1.165) is 16.8 Å². The second kappa shape index (κ2) is 31.3. The van der Waals surface area contributed by atoms with Gasteiger partial charge in [-0.25, -0.2) is 38.2 Å². The Labute approximate surface area is 577 Å². The minimum Gasteiger partial charge on any atom is -0.455 e. The molecule has 5 aliphatic rings. The second-order valence-corrected chi connectivity index (χ2v) is 30.7. The lowest BCUT2D eigenvalue weighted by atomic mass is 9.89. The van der Waals surface area contributed by atoms with Crippen molar-refractivity contribution >= 4 is 48.2 Å². The number of aliphatic hydroxyl groups is 5. The smallest absolute Gasteiger partial charge is 0.411 e. The van der Waals surface area contributed by atoms with Gasteiger partial charge in [0, 0.05) is 25.2 Å². The zero-order valence-electron chi connectivity index (χ0n) is 59.3. The first-order valence-corrected chi connectivity index (χ1v) is 32.6. The molecule has 562 valence electrons. The van der Waals surface area contributed by atoms with Crippen molar-refractivity contribution in [3.05, 3.63) is 51.8 Å². The van der Waals surface area contributed by atoms with Crippen molar-refractivity contribution in [2.45, 2.75) is 287 Å². The molecule has 1 saturated carbocycles. The number of hydrogen-bond acceptors (Lipinski definition) is 29. The predicted molar refractivity (Wildman–Crippen MR) is 341 cm³/mol. The molecule has 5 heterocycles. The van der Waals surface area contributed by atoms with Crippen molar-refractivity contribution in [1.82, 2.24) is 46.5 Å². The first kappa shape index (κ1) is 79.7. The summed E-state index contributed by atoms with van der Waals surface area (Å²) in [6.07, 6.45) is -28.0. The Morgan fingerprint density at radius 3 is 1.50 bits per heavy atom. The van der Waals surface area contributed by atoms with Crippen LogP contribution in [-0.2, 0) is 68.2 Å². The van der Waals surface area contributed by atoms with Crippen LogP contribution in [0, 0.1) is 10.1 Å². The zero-order valence-corrected chi connectivity index (χ0v) is 59.3. The largest absolute Gasteiger partial charge is 0.455 e. The fourth-order valence-corrected chi connectivity index (χ4v) is 11.3. The molecule has 0 unspecified atom stereocenters. The van der Waals surface area contributed by atoms with Crippen LogP contribution < -0.4 is 26.6 Å². The van der Waals surface area contributed by atoms with Crippen molar-refractivity contribution < 1.29 is 126 Å². The Morgan fingerprint density at radius 2 is 1.00 bits per heavy atom. The van der Waals surface area contributed by atoms with E-state index in [0.29, 0.717) is 0 Å². The van der Waals surface area contributed by atoms with Crippen LogP contribution >= 0.6 is 0 Å². The number of non-ortho nitro benzene ring substituents is 1. The number of nitrogens with one attached hydrogen (secondary N) is 5. The molecule has 5 fully saturated rings. The molecule has 1 aromatic heterocycles. The van der Waals surface area contributed by atoms with Gasteiger partial charge in [0.25, 0.3) is 5.69 Å². The average Bonchev–Trinajstić information content (AvgIpc) is 1.55. The second-order valence-electron chi connectivity index (χ2n) is 30.7. The number of rotatable bonds is 19. The highest BCUT2D eigenvalue weighted by Gasteiger charge is 2.67. The first-order valence-electron chi connectivity index (χ1n) is 32.6. The minimum atomic E-state index is -2.05. The van der Waals surface area contributed by atoms with E-state index in [1.165, 1.54) is 23.2 Å². The fraction of sp³-hybridized carbons (Fsp3) is 0.762. The molecule has 4 aliphatic heterocycles. The first-order chi connectivity index (χ1) is 46.1. The molecule has 0 radical (unpaired) electrons. The highest BCUT2D eigenvalue weighted by Crippen LogP contribution is 2.47. The van der Waals surface area contributed by atoms with Crippen LogP contribution in [0.15, 0.2) is 30.5 Å². The maximum absolute atomic E-state index is 14.3. The topological polar surface area (TPSA) is 478 Å². The fourth-order valence-electron chi connectivity index (χ4n) is 11.3. The standard InChI is InChI=1S/C63H98N10O27/c1-58(2,3)95-52(80)64-24-34-41(75)40(71-26-30(69-70-71)28-88-48(79)29-19-21-31(22-20-29)73(86)87)37(67-55(83)98-61(10,11)12)49(89-34)93-46-36(27-74)91-51(44(46)78)94-47-39-33(72(39)57(85)100-63(16,17)18)23-32(66-54(82)97-60(7,8)9)45(47)92-50-38(68-56(84)99-62(13,14)15)43(77)42(76)35(90-50)25-65-53(81)96-59(4,5)6/h19-22,26,32-47,49-51,74-78H,23-25,27-28H2,1-18H3,(H,64,80)(H,65,81)(H,66,82)(H,67,83)(H,68,84)/t32-,33+,34-,35+,36+,37+,38+,39+,40+,41+,42+,43+,44+,45+,46+,47+,49+,50+,51-,72?/m0/s1. The highest BCUT2D eigenvalue weighted by atomic mass is 16.8. The number of hydrogen-bond donors (Lipinski definition) is 10. The van der Waals surface area contributed by atoms with Crippen LogP contribution in [-0.4, -0.2) is 256 Å². The summed E-state index contributed by atoms with van der Waals surface area (Å²) in [5, 5.41) is 92.5. The van der Waals surface area contributed by atoms with E-state index in [2.05, 4.69) is 36.9 Å². The third kappa shape index (κ3) is 22.2. The van der Waals surface area contributed by atoms with E-state index in [1.807, 2.05) is 0 Å². The minimum absolute atomic E-state index is 0.0313. The van der Waals surface area contributed by atoms with E-state index in [4.69, 9.17) is 61.6 Å². The summed E-state index contributed by atoms with van der Waals surface area (Å²) in [6.45, 7) is 26.2. The highest BCUT2D eigenvalue weighted by molar-refractivity contribution is 5.89. The number of amides is 6. The summed E-state index contributed by atoms with van der Waals surface area (Å²) in [5.41, 5.74) is -6.77. The molecule has 0 bridgehead atoms. The van der Waals surface area contributed by atoms with Crippen LogP contribution in [0.4, 0.5) is 34.5 Å². The Balaban J connectivity index is 1.29. The Hall–Kier alpha value is -7.59. The number of fused-ring (bicyclic) bond motifs is 1. The summed E-state index contributed by atoms with van der Waals surface area (Å²) in [7, 11) is 0. The van der Waals surface area contributed by atoms with Crippen LogP contribution in [0.5, 0.6) is 0 Å². The van der Waals surface area contributed by atoms with E-state index < -0.39 is 224 Å². The number of carbonyl (C=O) groups excluding carboxylic acids is 7. The maximum Gasteiger partial charge on any atom is 0.411 e. The number of likely N-dealkylation sites (tertiary alicyclic amines) is 1. The van der Waals surface area contributed by atoms with Gasteiger partial charge in [-0.15, -0.1) is 5.10 Å². The van der Waals surface area contributed by atoms with E-state index in [-0.39, 0.29) is 23.4 Å². The predicted octanol–water partition coefficient (Wildman–Crippen LogP) is 2.97. The molecule has 2 aromatic rings. The Bertz CT molecular complexity index is 3190. The van der Waals surface area contributed by atoms with Gasteiger partial charge in [-0.3, -0.25) is 15.0 Å². The van der Waals surface area contributed by atoms with Crippen molar-refractivity contribution in [3.63, 3.8) is 0 Å². The maximum atomic E-state index is 14.3. The summed E-state index contributed by atoms with van der Waals surface area (Å²) in [6, 6.07) is -3.64. The molecule has 7 rings (SSSR count). The molecule has 19 atom stereocenters. The number of nitro benzene ring substituents is 1. The van der Waals surface area contributed by atoms with E-state index in [1.54, 1.807) is 125 Å². The van der Waals surface area contributed by atoms with Crippen LogP contribution in [0.25, 0.3) is 0 Å². The third-order valence-electron chi connectivity index (χ3n) is 15.2. The lowest BCUT2D eigenvalue weighted by Crippen LogP contribution is -2.68. The summed E-state index contributed by atoms with van der Waals surface area (Å²) in [4.78, 5) is 107. The molecule has 0 spiro atoms. The molecule has 1 aromatic carbocycles. The number of aliphatic hydroxyl groups excluding tert-OH is 5. The number of benzene rings is 1. The van der Waals surface area contributed by atoms with Gasteiger partial charge < -0.3 is 114 Å². The van der Waals surface area contributed by atoms with Gasteiger partial charge in [0.2, 0.25) is 0 Å². The third-order valence-corrected chi connectivity index (χ3v) is 15.2. The van der Waals surface area contributed by atoms with Gasteiger partial charge in [0.15, 0.2) is 18.9 Å². The molecule has 37 heteroatoms. The SMILES string of the molecule is CC(C)(C)OC(=O)NC[C@@H]1O[C@H](O[C@H]2[C@@H](O)[C@H](O[C@H]3[C@H](O[C@H]4O[C@H](CNC(=O)OC(C)(C)C)[C@@H](O)[C@H](O)[C@H]4NC(=O)OC(C)(C)C)[C@@H](NC(=O)OC(C)(C)C)C[C@@H]4[C@H]3N4C(=O)OC(C)(C)C)O[C@@H]2CO)[C@H](NC(=O)OC(C)(C)C)[C@@H](n2cc(COC(=O)c3ccc([N+](=O)[O-])cc3)nn2)[C@@H]1O. The quantitative estimate of drug-likeness (QED) is 0.0318. The van der Waals surface area contributed by atoms with Crippen molar-refractivity contribution in [2.75, 3.05) is 19.7 Å².